The molecule has 8 heteroatoms. The molecule has 0 radical (unpaired) electrons. The van der Waals surface area contributed by atoms with Crippen LogP contribution in [-0.4, -0.2) is 27.4 Å². The zero-order valence-corrected chi connectivity index (χ0v) is 16.1. The molecule has 140 valence electrons. The second kappa shape index (κ2) is 8.62. The highest BCUT2D eigenvalue weighted by molar-refractivity contribution is 7.89. The third-order valence-electron chi connectivity index (χ3n) is 3.86. The van der Waals surface area contributed by atoms with E-state index < -0.39 is 15.8 Å². The van der Waals surface area contributed by atoms with Crippen molar-refractivity contribution in [3.8, 4) is 0 Å². The normalized spacial score (nSPS) is 11.4. The van der Waals surface area contributed by atoms with Crippen molar-refractivity contribution in [2.24, 2.45) is 0 Å². The second-order valence-corrected chi connectivity index (χ2v) is 7.84. The minimum Gasteiger partial charge on any atom is -0.311 e. The maximum atomic E-state index is 13.3. The van der Waals surface area contributed by atoms with Gasteiger partial charge in [-0.05, 0) is 42.3 Å². The van der Waals surface area contributed by atoms with Crippen molar-refractivity contribution in [2.45, 2.75) is 25.2 Å². The maximum Gasteiger partial charge on any atom is 0.240 e. The predicted molar refractivity (Wildman–Crippen MR) is 100 cm³/mol. The first-order chi connectivity index (χ1) is 12.2. The maximum absolute atomic E-state index is 13.3. The van der Waals surface area contributed by atoms with Gasteiger partial charge in [0.1, 0.15) is 5.82 Å². The first-order valence-electron chi connectivity index (χ1n) is 8.06. The molecule has 0 heterocycles. The van der Waals surface area contributed by atoms with Gasteiger partial charge in [0.15, 0.2) is 0 Å². The molecule has 0 aliphatic carbocycles. The van der Waals surface area contributed by atoms with Crippen molar-refractivity contribution in [1.82, 2.24) is 4.72 Å². The van der Waals surface area contributed by atoms with E-state index in [0.717, 1.165) is 18.1 Å². The number of halogens is 2. The van der Waals surface area contributed by atoms with Crippen LogP contribution in [0.3, 0.4) is 0 Å². The van der Waals surface area contributed by atoms with Crippen LogP contribution in [0, 0.1) is 5.82 Å². The van der Waals surface area contributed by atoms with Gasteiger partial charge in [-0.2, -0.15) is 0 Å². The van der Waals surface area contributed by atoms with E-state index in [0.29, 0.717) is 5.69 Å². The van der Waals surface area contributed by atoms with Gasteiger partial charge in [0.2, 0.25) is 15.9 Å². The molecular weight excluding hydrogens is 379 g/mol. The van der Waals surface area contributed by atoms with Crippen LogP contribution in [0.2, 0.25) is 5.02 Å². The van der Waals surface area contributed by atoms with Crippen LogP contribution in [0.25, 0.3) is 0 Å². The van der Waals surface area contributed by atoms with E-state index in [-0.39, 0.29) is 28.9 Å². The van der Waals surface area contributed by atoms with Gasteiger partial charge in [-0.15, -0.1) is 0 Å². The van der Waals surface area contributed by atoms with Crippen molar-refractivity contribution < 1.29 is 17.6 Å². The number of nitrogens with zero attached hydrogens (tertiary/aromatic N) is 1. The van der Waals surface area contributed by atoms with E-state index >= 15 is 0 Å². The molecular formula is C18H20ClFN2O3S. The molecule has 0 saturated carbocycles. The molecule has 0 fully saturated rings. The molecule has 0 aliphatic heterocycles. The quantitative estimate of drug-likeness (QED) is 0.777. The Balaban J connectivity index is 2.06. The Labute approximate surface area is 157 Å². The van der Waals surface area contributed by atoms with E-state index in [1.807, 2.05) is 6.92 Å². The lowest BCUT2D eigenvalue weighted by Crippen LogP contribution is -2.37. The summed E-state index contributed by atoms with van der Waals surface area (Å²) in [6, 6.07) is 10.5. The van der Waals surface area contributed by atoms with Crippen LogP contribution in [0.4, 0.5) is 10.1 Å². The minimum absolute atomic E-state index is 0.00639. The summed E-state index contributed by atoms with van der Waals surface area (Å²) in [5.41, 5.74) is 1.44. The van der Waals surface area contributed by atoms with E-state index in [2.05, 4.69) is 4.72 Å². The van der Waals surface area contributed by atoms with Crippen molar-refractivity contribution in [3.63, 3.8) is 0 Å². The zero-order valence-electron chi connectivity index (χ0n) is 14.5. The fourth-order valence-electron chi connectivity index (χ4n) is 2.40. The number of carbonyl (C=O) groups excluding carboxylic acids is 1. The number of rotatable bonds is 7. The van der Waals surface area contributed by atoms with Crippen LogP contribution in [-0.2, 0) is 21.2 Å². The lowest BCUT2D eigenvalue weighted by Gasteiger charge is -2.21. The van der Waals surface area contributed by atoms with E-state index in [9.17, 15) is 17.6 Å². The Morgan fingerprint density at radius 2 is 1.85 bits per heavy atom. The van der Waals surface area contributed by atoms with Gasteiger partial charge in [0.05, 0.1) is 9.92 Å². The zero-order chi connectivity index (χ0) is 19.3. The van der Waals surface area contributed by atoms with Crippen molar-refractivity contribution in [1.29, 1.82) is 0 Å². The van der Waals surface area contributed by atoms with Gasteiger partial charge in [0.25, 0.3) is 0 Å². The summed E-state index contributed by atoms with van der Waals surface area (Å²) in [5, 5.41) is -0.106. The van der Waals surface area contributed by atoms with Gasteiger partial charge >= 0.3 is 0 Å². The number of hydrogen-bond donors (Lipinski definition) is 1. The molecule has 2 rings (SSSR count). The van der Waals surface area contributed by atoms with Gasteiger partial charge in [-0.25, -0.2) is 17.5 Å². The van der Waals surface area contributed by atoms with Crippen molar-refractivity contribution in [3.05, 3.63) is 58.9 Å². The molecule has 0 spiro atoms. The lowest BCUT2D eigenvalue weighted by atomic mass is 10.2. The molecule has 0 aromatic heterocycles. The van der Waals surface area contributed by atoms with E-state index in [1.165, 1.54) is 24.0 Å². The largest absolute Gasteiger partial charge is 0.311 e. The molecule has 0 unspecified atom stereocenters. The number of nitrogens with one attached hydrogen (secondary N) is 1. The first kappa shape index (κ1) is 20.4. The number of amides is 1. The molecule has 0 aliphatic rings. The summed E-state index contributed by atoms with van der Waals surface area (Å²) in [6.45, 7) is 3.42. The summed E-state index contributed by atoms with van der Waals surface area (Å²) >= 11 is 5.75. The molecule has 1 amide bonds. The number of aryl methyl sites for hydroxylation is 1. The molecule has 5 nitrogen and oxygen atoms in total. The average Bonchev–Trinajstić information content (AvgIpc) is 2.61. The molecule has 1 N–H and O–H groups in total. The highest BCUT2D eigenvalue weighted by Crippen LogP contribution is 2.22. The smallest absolute Gasteiger partial charge is 0.240 e. The summed E-state index contributed by atoms with van der Waals surface area (Å²) in [5.74, 6) is -0.894. The molecule has 0 bridgehead atoms. The number of sulfonamides is 1. The van der Waals surface area contributed by atoms with Crippen LogP contribution < -0.4 is 9.62 Å². The monoisotopic (exact) mass is 398 g/mol. The van der Waals surface area contributed by atoms with Gasteiger partial charge in [0, 0.05) is 25.7 Å². The number of anilines is 1. The third kappa shape index (κ3) is 5.03. The van der Waals surface area contributed by atoms with Gasteiger partial charge < -0.3 is 4.90 Å². The summed E-state index contributed by atoms with van der Waals surface area (Å²) in [7, 11) is -3.68. The number of hydrogen-bond acceptors (Lipinski definition) is 3. The SMILES string of the molecule is CCc1ccc(S(=O)(=O)NCCN(C(C)=O)c2ccc(F)c(Cl)c2)cc1. The predicted octanol–water partition coefficient (Wildman–Crippen LogP) is 3.37. The number of carbonyl (C=O) groups is 1. The Morgan fingerprint density at radius 3 is 2.38 bits per heavy atom. The molecule has 26 heavy (non-hydrogen) atoms. The van der Waals surface area contributed by atoms with Crippen molar-refractivity contribution in [2.75, 3.05) is 18.0 Å². The van der Waals surface area contributed by atoms with Crippen molar-refractivity contribution >= 4 is 33.2 Å². The van der Waals surface area contributed by atoms with E-state index in [4.69, 9.17) is 11.6 Å². The van der Waals surface area contributed by atoms with Gasteiger partial charge in [-0.3, -0.25) is 4.79 Å². The Hall–Kier alpha value is -1.96. The molecule has 2 aromatic rings. The Kier molecular flexibility index (Phi) is 6.75. The highest BCUT2D eigenvalue weighted by atomic mass is 35.5. The Bertz CT molecular complexity index is 886. The van der Waals surface area contributed by atoms with Gasteiger partial charge in [-0.1, -0.05) is 30.7 Å². The molecule has 0 saturated heterocycles. The second-order valence-electron chi connectivity index (χ2n) is 5.66. The standard InChI is InChI=1S/C18H20ClFN2O3S/c1-3-14-4-7-16(8-5-14)26(24,25)21-10-11-22(13(2)23)15-6-9-18(20)17(19)12-15/h4-9,12,21H,3,10-11H2,1-2H3. The third-order valence-corrected chi connectivity index (χ3v) is 5.63. The molecule has 2 aromatic carbocycles. The minimum atomic E-state index is -3.68. The van der Waals surface area contributed by atoms with Crippen LogP contribution in [0.5, 0.6) is 0 Å². The summed E-state index contributed by atoms with van der Waals surface area (Å²) in [6.07, 6.45) is 0.821. The Morgan fingerprint density at radius 1 is 1.19 bits per heavy atom. The van der Waals surface area contributed by atoms with Crippen LogP contribution >= 0.6 is 11.6 Å². The number of benzene rings is 2. The fraction of sp³-hybridized carbons (Fsp3) is 0.278. The van der Waals surface area contributed by atoms with Crippen LogP contribution in [0.1, 0.15) is 19.4 Å². The molecule has 0 atom stereocenters. The average molecular weight is 399 g/mol. The summed E-state index contributed by atoms with van der Waals surface area (Å²) < 4.78 is 40.4. The van der Waals surface area contributed by atoms with E-state index in [1.54, 1.807) is 24.3 Å². The highest BCUT2D eigenvalue weighted by Gasteiger charge is 2.17. The lowest BCUT2D eigenvalue weighted by molar-refractivity contribution is -0.116. The first-order valence-corrected chi connectivity index (χ1v) is 9.92. The van der Waals surface area contributed by atoms with Crippen LogP contribution in [0.15, 0.2) is 47.4 Å². The summed E-state index contributed by atoms with van der Waals surface area (Å²) in [4.78, 5) is 13.3. The topological polar surface area (TPSA) is 66.5 Å². The fourth-order valence-corrected chi connectivity index (χ4v) is 3.60.